The fourth-order valence-electron chi connectivity index (χ4n) is 2.35. The lowest BCUT2D eigenvalue weighted by molar-refractivity contribution is 0.0901. The number of nitrogens with zero attached hydrogens (tertiary/aromatic N) is 1. The minimum absolute atomic E-state index is 0.0618. The number of ether oxygens (including phenoxy) is 1. The summed E-state index contributed by atoms with van der Waals surface area (Å²) in [6.45, 7) is 6.04. The van der Waals surface area contributed by atoms with Gasteiger partial charge in [0.2, 0.25) is 0 Å². The summed E-state index contributed by atoms with van der Waals surface area (Å²) in [4.78, 5) is 2.24. The molecule has 0 bridgehead atoms. The van der Waals surface area contributed by atoms with E-state index < -0.39 is 0 Å². The molecule has 3 nitrogen and oxygen atoms in total. The zero-order valence-electron chi connectivity index (χ0n) is 12.4. The van der Waals surface area contributed by atoms with E-state index in [-0.39, 0.29) is 11.9 Å². The first kappa shape index (κ1) is 17.4. The van der Waals surface area contributed by atoms with Crippen molar-refractivity contribution in [3.63, 3.8) is 0 Å². The first-order valence-electron chi connectivity index (χ1n) is 6.94. The minimum Gasteiger partial charge on any atom is -0.383 e. The predicted octanol–water partition coefficient (Wildman–Crippen LogP) is 3.23. The van der Waals surface area contributed by atoms with E-state index in [0.717, 1.165) is 18.5 Å². The molecule has 2 N–H and O–H groups in total. The molecule has 1 aromatic carbocycles. The second-order valence-corrected chi connectivity index (χ2v) is 5.38. The molecule has 0 aliphatic rings. The molecular formula is C15H24ClFN2O. The van der Waals surface area contributed by atoms with E-state index in [1.165, 1.54) is 12.1 Å². The fourth-order valence-corrected chi connectivity index (χ4v) is 2.58. The highest BCUT2D eigenvalue weighted by atomic mass is 35.5. The molecule has 2 atom stereocenters. The monoisotopic (exact) mass is 302 g/mol. The van der Waals surface area contributed by atoms with Crippen LogP contribution < -0.4 is 5.73 Å². The standard InChI is InChI=1S/C15H24ClFN2O/c1-4-11(2)19(5-6-20-3)15(10-18)12-7-13(16)9-14(17)8-12/h7-9,11,15H,4-6,10,18H2,1-3H3. The van der Waals surface area contributed by atoms with Gasteiger partial charge in [-0.25, -0.2) is 4.39 Å². The summed E-state index contributed by atoms with van der Waals surface area (Å²) >= 11 is 5.95. The van der Waals surface area contributed by atoms with Gasteiger partial charge in [0, 0.05) is 37.3 Å². The van der Waals surface area contributed by atoms with Crippen molar-refractivity contribution >= 4 is 11.6 Å². The van der Waals surface area contributed by atoms with Gasteiger partial charge < -0.3 is 10.5 Å². The molecule has 5 heteroatoms. The van der Waals surface area contributed by atoms with Gasteiger partial charge in [0.15, 0.2) is 0 Å². The summed E-state index contributed by atoms with van der Waals surface area (Å²) < 4.78 is 18.7. The lowest BCUT2D eigenvalue weighted by Gasteiger charge is -2.35. The zero-order valence-corrected chi connectivity index (χ0v) is 13.2. The molecule has 0 aliphatic heterocycles. The van der Waals surface area contributed by atoms with Gasteiger partial charge in [-0.2, -0.15) is 0 Å². The van der Waals surface area contributed by atoms with Gasteiger partial charge >= 0.3 is 0 Å². The lowest BCUT2D eigenvalue weighted by Crippen LogP contribution is -2.41. The molecule has 0 aliphatic carbocycles. The van der Waals surface area contributed by atoms with Crippen molar-refractivity contribution < 1.29 is 9.13 Å². The van der Waals surface area contributed by atoms with Gasteiger partial charge in [-0.1, -0.05) is 18.5 Å². The first-order valence-corrected chi connectivity index (χ1v) is 7.32. The van der Waals surface area contributed by atoms with Crippen LogP contribution in [0.15, 0.2) is 18.2 Å². The van der Waals surface area contributed by atoms with Crippen LogP contribution in [0.3, 0.4) is 0 Å². The van der Waals surface area contributed by atoms with E-state index in [1.54, 1.807) is 13.2 Å². The third kappa shape index (κ3) is 4.70. The molecule has 114 valence electrons. The molecule has 1 aromatic rings. The largest absolute Gasteiger partial charge is 0.383 e. The van der Waals surface area contributed by atoms with E-state index in [0.29, 0.717) is 24.2 Å². The highest BCUT2D eigenvalue weighted by Crippen LogP contribution is 2.26. The number of rotatable bonds is 8. The van der Waals surface area contributed by atoms with Crippen LogP contribution in [0.1, 0.15) is 31.9 Å². The van der Waals surface area contributed by atoms with Crippen LogP contribution in [0.25, 0.3) is 0 Å². The van der Waals surface area contributed by atoms with Gasteiger partial charge in [-0.05, 0) is 37.1 Å². The molecule has 0 radical (unpaired) electrons. The van der Waals surface area contributed by atoms with Crippen LogP contribution in [-0.4, -0.2) is 37.7 Å². The highest BCUT2D eigenvalue weighted by Gasteiger charge is 2.23. The summed E-state index contributed by atoms with van der Waals surface area (Å²) in [6, 6.07) is 4.87. The van der Waals surface area contributed by atoms with E-state index in [4.69, 9.17) is 22.1 Å². The Morgan fingerprint density at radius 2 is 2.10 bits per heavy atom. The summed E-state index contributed by atoms with van der Waals surface area (Å²) in [5, 5.41) is 0.397. The van der Waals surface area contributed by atoms with E-state index >= 15 is 0 Å². The maximum Gasteiger partial charge on any atom is 0.125 e. The Kier molecular flexibility index (Phi) is 7.45. The van der Waals surface area contributed by atoms with Crippen molar-refractivity contribution in [2.45, 2.75) is 32.4 Å². The number of halogens is 2. The molecule has 20 heavy (non-hydrogen) atoms. The molecule has 2 unspecified atom stereocenters. The smallest absolute Gasteiger partial charge is 0.125 e. The maximum atomic E-state index is 13.6. The van der Waals surface area contributed by atoms with Gasteiger partial charge in [-0.15, -0.1) is 0 Å². The summed E-state index contributed by atoms with van der Waals surface area (Å²) in [5.41, 5.74) is 6.74. The van der Waals surface area contributed by atoms with Crippen LogP contribution >= 0.6 is 11.6 Å². The van der Waals surface area contributed by atoms with E-state index in [2.05, 4.69) is 18.7 Å². The third-order valence-corrected chi connectivity index (χ3v) is 3.82. The molecule has 0 saturated carbocycles. The van der Waals surface area contributed by atoms with E-state index in [9.17, 15) is 4.39 Å². The van der Waals surface area contributed by atoms with Crippen molar-refractivity contribution in [2.24, 2.45) is 5.73 Å². The Balaban J connectivity index is 3.04. The van der Waals surface area contributed by atoms with Gasteiger partial charge in [0.05, 0.1) is 6.61 Å². The maximum absolute atomic E-state index is 13.6. The van der Waals surface area contributed by atoms with Gasteiger partial charge in [0.25, 0.3) is 0 Å². The zero-order chi connectivity index (χ0) is 15.1. The second-order valence-electron chi connectivity index (χ2n) is 4.94. The molecule has 0 heterocycles. The van der Waals surface area contributed by atoms with Crippen LogP contribution in [0.2, 0.25) is 5.02 Å². The van der Waals surface area contributed by atoms with Crippen molar-refractivity contribution in [1.29, 1.82) is 0 Å². The molecule has 0 aromatic heterocycles. The van der Waals surface area contributed by atoms with Crippen LogP contribution in [-0.2, 0) is 4.74 Å². The number of hydrogen-bond acceptors (Lipinski definition) is 3. The minimum atomic E-state index is -0.332. The van der Waals surface area contributed by atoms with Crippen molar-refractivity contribution in [3.8, 4) is 0 Å². The molecular weight excluding hydrogens is 279 g/mol. The number of hydrogen-bond donors (Lipinski definition) is 1. The Hall–Kier alpha value is -0.680. The molecule has 0 fully saturated rings. The van der Waals surface area contributed by atoms with Crippen LogP contribution in [0, 0.1) is 5.82 Å². The average molecular weight is 303 g/mol. The van der Waals surface area contributed by atoms with Crippen molar-refractivity contribution in [1.82, 2.24) is 4.90 Å². The normalized spacial score (nSPS) is 14.6. The average Bonchev–Trinajstić information content (AvgIpc) is 2.41. The Morgan fingerprint density at radius 3 is 2.60 bits per heavy atom. The number of nitrogens with two attached hydrogens (primary N) is 1. The SMILES string of the molecule is CCC(C)N(CCOC)C(CN)c1cc(F)cc(Cl)c1. The van der Waals surface area contributed by atoms with Gasteiger partial charge in [-0.3, -0.25) is 4.90 Å². The number of benzene rings is 1. The second kappa shape index (κ2) is 8.57. The topological polar surface area (TPSA) is 38.5 Å². The van der Waals surface area contributed by atoms with Crippen molar-refractivity contribution in [2.75, 3.05) is 26.8 Å². The van der Waals surface area contributed by atoms with Gasteiger partial charge in [0.1, 0.15) is 5.82 Å². The molecule has 0 saturated heterocycles. The van der Waals surface area contributed by atoms with E-state index in [1.807, 2.05) is 0 Å². The Labute approximate surface area is 125 Å². The number of methoxy groups -OCH3 is 1. The van der Waals surface area contributed by atoms with Crippen molar-refractivity contribution in [3.05, 3.63) is 34.6 Å². The van der Waals surface area contributed by atoms with Crippen LogP contribution in [0.4, 0.5) is 4.39 Å². The predicted molar refractivity (Wildman–Crippen MR) is 81.5 cm³/mol. The quantitative estimate of drug-likeness (QED) is 0.801. The molecule has 0 amide bonds. The Morgan fingerprint density at radius 1 is 1.40 bits per heavy atom. The summed E-state index contributed by atoms with van der Waals surface area (Å²) in [7, 11) is 1.67. The highest BCUT2D eigenvalue weighted by molar-refractivity contribution is 6.30. The summed E-state index contributed by atoms with van der Waals surface area (Å²) in [6.07, 6.45) is 0.989. The molecule has 0 spiro atoms. The third-order valence-electron chi connectivity index (χ3n) is 3.60. The lowest BCUT2D eigenvalue weighted by atomic mass is 10.0. The Bertz CT molecular complexity index is 397. The van der Waals surface area contributed by atoms with Crippen LogP contribution in [0.5, 0.6) is 0 Å². The first-order chi connectivity index (χ1) is 9.53. The molecule has 1 rings (SSSR count). The summed E-state index contributed by atoms with van der Waals surface area (Å²) in [5.74, 6) is -0.332. The fraction of sp³-hybridized carbons (Fsp3) is 0.600.